The lowest BCUT2D eigenvalue weighted by Crippen LogP contribution is -2.47. The number of para-hydroxylation sites is 1. The monoisotopic (exact) mass is 525 g/mol. The molecule has 3 aromatic carbocycles. The lowest BCUT2D eigenvalue weighted by molar-refractivity contribution is -0.141. The minimum absolute atomic E-state index is 0.00653. The molecular formula is C31H35N5O3. The molecule has 202 valence electrons. The van der Waals surface area contributed by atoms with Crippen molar-refractivity contribution in [2.45, 2.75) is 51.3 Å². The molecule has 2 amide bonds. The Morgan fingerprint density at radius 1 is 1.03 bits per heavy atom. The Morgan fingerprint density at radius 2 is 1.79 bits per heavy atom. The second kappa shape index (κ2) is 12.7. The van der Waals surface area contributed by atoms with Gasteiger partial charge >= 0.3 is 0 Å². The van der Waals surface area contributed by atoms with Crippen LogP contribution < -0.4 is 5.32 Å². The molecule has 1 aromatic heterocycles. The fourth-order valence-corrected chi connectivity index (χ4v) is 5.07. The zero-order valence-electron chi connectivity index (χ0n) is 22.3. The second-order valence-corrected chi connectivity index (χ2v) is 9.94. The van der Waals surface area contributed by atoms with Gasteiger partial charge in [-0.25, -0.2) is 4.68 Å². The molecule has 0 aliphatic carbocycles. The van der Waals surface area contributed by atoms with Crippen LogP contribution in [-0.4, -0.2) is 57.5 Å². The molecule has 8 heteroatoms. The Labute approximate surface area is 229 Å². The van der Waals surface area contributed by atoms with E-state index >= 15 is 0 Å². The summed E-state index contributed by atoms with van der Waals surface area (Å²) in [7, 11) is 0. The molecule has 4 aromatic rings. The summed E-state index contributed by atoms with van der Waals surface area (Å²) in [6.07, 6.45) is 3.44. The maximum atomic E-state index is 14.0. The first-order chi connectivity index (χ1) is 19.1. The molecule has 1 N–H and O–H groups in total. The number of aromatic nitrogens is 3. The third-order valence-electron chi connectivity index (χ3n) is 7.30. The van der Waals surface area contributed by atoms with Gasteiger partial charge in [0.25, 0.3) is 0 Å². The quantitative estimate of drug-likeness (QED) is 0.319. The van der Waals surface area contributed by atoms with E-state index < -0.39 is 6.04 Å². The predicted molar refractivity (Wildman–Crippen MR) is 150 cm³/mol. The third-order valence-corrected chi connectivity index (χ3v) is 7.30. The summed E-state index contributed by atoms with van der Waals surface area (Å²) in [4.78, 5) is 29.5. The molecule has 39 heavy (non-hydrogen) atoms. The van der Waals surface area contributed by atoms with Gasteiger partial charge in [-0.1, -0.05) is 78.9 Å². The highest BCUT2D eigenvalue weighted by Gasteiger charge is 2.32. The maximum Gasteiger partial charge on any atom is 0.247 e. The standard InChI is InChI=1S/C31H35N5O3/c1-2-23-14-16-25(17-15-23)30(31(38)32-21-26-11-8-20-39-26)35(19-18-24-9-4-3-5-10-24)29(37)22-36-28-13-7-6-12-27(28)33-34-36/h3-7,9-10,12-17,26,30H,2,8,11,18-22H2,1H3,(H,32,38). The molecule has 5 rings (SSSR count). The SMILES string of the molecule is CCc1ccc(C(C(=O)NCC2CCCO2)N(CCc2ccccc2)C(=O)Cn2nnc3ccccc32)cc1. The van der Waals surface area contributed by atoms with Gasteiger partial charge in [0.05, 0.1) is 11.6 Å². The highest BCUT2D eigenvalue weighted by Crippen LogP contribution is 2.24. The third kappa shape index (κ3) is 6.52. The van der Waals surface area contributed by atoms with E-state index in [9.17, 15) is 9.59 Å². The first-order valence-electron chi connectivity index (χ1n) is 13.7. The molecule has 1 fully saturated rings. The van der Waals surface area contributed by atoms with Crippen LogP contribution in [0.15, 0.2) is 78.9 Å². The maximum absolute atomic E-state index is 14.0. The number of benzene rings is 3. The number of hydrogen-bond acceptors (Lipinski definition) is 5. The Morgan fingerprint density at radius 3 is 2.54 bits per heavy atom. The molecule has 2 heterocycles. The lowest BCUT2D eigenvalue weighted by atomic mass is 10.0. The van der Waals surface area contributed by atoms with Gasteiger partial charge < -0.3 is 15.0 Å². The second-order valence-electron chi connectivity index (χ2n) is 9.94. The van der Waals surface area contributed by atoms with E-state index in [1.165, 1.54) is 5.56 Å². The first-order valence-corrected chi connectivity index (χ1v) is 13.7. The van der Waals surface area contributed by atoms with Crippen LogP contribution in [0, 0.1) is 0 Å². The van der Waals surface area contributed by atoms with Crippen LogP contribution in [0.5, 0.6) is 0 Å². The fourth-order valence-electron chi connectivity index (χ4n) is 5.07. The zero-order chi connectivity index (χ0) is 27.0. The largest absolute Gasteiger partial charge is 0.376 e. The van der Waals surface area contributed by atoms with Crippen molar-refractivity contribution in [1.82, 2.24) is 25.2 Å². The topological polar surface area (TPSA) is 89.4 Å². The summed E-state index contributed by atoms with van der Waals surface area (Å²) in [6.45, 7) is 3.60. The average Bonchev–Trinajstić information content (AvgIpc) is 3.65. The van der Waals surface area contributed by atoms with E-state index in [2.05, 4.69) is 22.6 Å². The van der Waals surface area contributed by atoms with Crippen molar-refractivity contribution in [2.24, 2.45) is 0 Å². The lowest BCUT2D eigenvalue weighted by Gasteiger charge is -2.32. The van der Waals surface area contributed by atoms with Gasteiger partial charge in [0.1, 0.15) is 18.1 Å². The molecular weight excluding hydrogens is 490 g/mol. The van der Waals surface area contributed by atoms with E-state index in [1.54, 1.807) is 9.58 Å². The van der Waals surface area contributed by atoms with Gasteiger partial charge in [0.2, 0.25) is 11.8 Å². The minimum atomic E-state index is -0.789. The van der Waals surface area contributed by atoms with Crippen molar-refractivity contribution < 1.29 is 14.3 Å². The van der Waals surface area contributed by atoms with Crippen molar-refractivity contribution in [1.29, 1.82) is 0 Å². The first kappa shape index (κ1) is 26.6. The number of amides is 2. The van der Waals surface area contributed by atoms with Crippen molar-refractivity contribution in [3.63, 3.8) is 0 Å². The van der Waals surface area contributed by atoms with Crippen molar-refractivity contribution in [3.05, 3.63) is 95.6 Å². The van der Waals surface area contributed by atoms with E-state index in [1.807, 2.05) is 78.9 Å². The van der Waals surface area contributed by atoms with Crippen LogP contribution in [0.1, 0.15) is 42.5 Å². The summed E-state index contributed by atoms with van der Waals surface area (Å²) in [5.74, 6) is -0.405. The van der Waals surface area contributed by atoms with Gasteiger partial charge in [-0.3, -0.25) is 9.59 Å². The number of hydrogen-bond donors (Lipinski definition) is 1. The zero-order valence-corrected chi connectivity index (χ0v) is 22.3. The van der Waals surface area contributed by atoms with Crippen LogP contribution in [-0.2, 0) is 33.7 Å². The highest BCUT2D eigenvalue weighted by atomic mass is 16.5. The Balaban J connectivity index is 1.46. The van der Waals surface area contributed by atoms with Gasteiger partial charge in [-0.2, -0.15) is 0 Å². The van der Waals surface area contributed by atoms with Crippen LogP contribution in [0.3, 0.4) is 0 Å². The summed E-state index contributed by atoms with van der Waals surface area (Å²) in [5.41, 5.74) is 4.56. The number of fused-ring (bicyclic) bond motifs is 1. The summed E-state index contributed by atoms with van der Waals surface area (Å²) < 4.78 is 7.34. The molecule has 0 radical (unpaired) electrons. The molecule has 1 saturated heterocycles. The summed E-state index contributed by atoms with van der Waals surface area (Å²) in [5, 5.41) is 11.5. The summed E-state index contributed by atoms with van der Waals surface area (Å²) in [6, 6.07) is 24.8. The molecule has 0 saturated carbocycles. The van der Waals surface area contributed by atoms with Crippen molar-refractivity contribution >= 4 is 22.8 Å². The van der Waals surface area contributed by atoms with Gasteiger partial charge in [0.15, 0.2) is 0 Å². The van der Waals surface area contributed by atoms with E-state index in [-0.39, 0.29) is 24.5 Å². The van der Waals surface area contributed by atoms with Crippen LogP contribution >= 0.6 is 0 Å². The fraction of sp³-hybridized carbons (Fsp3) is 0.355. The van der Waals surface area contributed by atoms with Gasteiger partial charge in [-0.05, 0) is 54.5 Å². The summed E-state index contributed by atoms with van der Waals surface area (Å²) >= 11 is 0. The number of rotatable bonds is 11. The molecule has 8 nitrogen and oxygen atoms in total. The van der Waals surface area contributed by atoms with Gasteiger partial charge in [0, 0.05) is 19.7 Å². The smallest absolute Gasteiger partial charge is 0.247 e. The van der Waals surface area contributed by atoms with Crippen LogP contribution in [0.2, 0.25) is 0 Å². The molecule has 2 atom stereocenters. The Kier molecular flexibility index (Phi) is 8.63. The van der Waals surface area contributed by atoms with Crippen molar-refractivity contribution in [3.8, 4) is 0 Å². The minimum Gasteiger partial charge on any atom is -0.376 e. The molecule has 0 bridgehead atoms. The predicted octanol–water partition coefficient (Wildman–Crippen LogP) is 4.10. The van der Waals surface area contributed by atoms with E-state index in [4.69, 9.17) is 4.74 Å². The molecule has 2 unspecified atom stereocenters. The highest BCUT2D eigenvalue weighted by molar-refractivity contribution is 5.89. The van der Waals surface area contributed by atoms with Gasteiger partial charge in [-0.15, -0.1) is 5.10 Å². The normalized spacial score (nSPS) is 15.8. The number of nitrogens with one attached hydrogen (secondary N) is 1. The van der Waals surface area contributed by atoms with Crippen LogP contribution in [0.4, 0.5) is 0 Å². The van der Waals surface area contributed by atoms with Crippen LogP contribution in [0.25, 0.3) is 11.0 Å². The number of carbonyl (C=O) groups is 2. The average molecular weight is 526 g/mol. The Bertz CT molecular complexity index is 1380. The number of ether oxygens (including phenoxy) is 1. The number of carbonyl (C=O) groups excluding carboxylic acids is 2. The van der Waals surface area contributed by atoms with E-state index in [0.717, 1.165) is 48.0 Å². The molecule has 0 spiro atoms. The van der Waals surface area contributed by atoms with E-state index in [0.29, 0.717) is 19.5 Å². The van der Waals surface area contributed by atoms with Crippen molar-refractivity contribution in [2.75, 3.05) is 19.7 Å². The number of nitrogens with zero attached hydrogens (tertiary/aromatic N) is 4. The number of aryl methyl sites for hydroxylation is 1. The Hall–Kier alpha value is -4.04. The molecule has 1 aliphatic heterocycles. The molecule has 1 aliphatic rings.